The normalized spacial score (nSPS) is 15.5. The zero-order chi connectivity index (χ0) is 25.0. The predicted octanol–water partition coefficient (Wildman–Crippen LogP) is 2.29. The fourth-order valence-electron chi connectivity index (χ4n) is 3.77. The van der Waals surface area contributed by atoms with E-state index < -0.39 is 23.8 Å². The Kier molecular flexibility index (Phi) is 6.87. The lowest BCUT2D eigenvalue weighted by Crippen LogP contribution is -2.41. The minimum absolute atomic E-state index is 0.0848. The minimum atomic E-state index is -1.34. The number of anilines is 1. The van der Waals surface area contributed by atoms with Gasteiger partial charge in [-0.3, -0.25) is 4.90 Å². The van der Waals surface area contributed by atoms with E-state index in [-0.39, 0.29) is 39.7 Å². The molecule has 0 spiro atoms. The van der Waals surface area contributed by atoms with Crippen LogP contribution in [0, 0.1) is 11.3 Å². The zero-order valence-corrected chi connectivity index (χ0v) is 18.6. The molecule has 0 aromatic heterocycles. The van der Waals surface area contributed by atoms with E-state index in [9.17, 15) is 24.8 Å². The smallest absolute Gasteiger partial charge is 0.355 e. The highest BCUT2D eigenvalue weighted by Crippen LogP contribution is 2.44. The molecule has 0 radical (unpaired) electrons. The highest BCUT2D eigenvalue weighted by molar-refractivity contribution is 6.08. The standard InChI is InChI=1S/C24H21N3O7/c1-32-14-9-10-15(22(28)29)17(11-14)27-20(24(31)34-3)19(23(30)33-2)18(16(12-25)21(27)26)13-7-5-4-6-8-13/h4-11,18H,26H2,1-3H3,(H,28,29). The van der Waals surface area contributed by atoms with Gasteiger partial charge in [-0.25, -0.2) is 14.4 Å². The molecule has 34 heavy (non-hydrogen) atoms. The van der Waals surface area contributed by atoms with E-state index in [4.69, 9.17) is 19.9 Å². The Hall–Kier alpha value is -4.78. The van der Waals surface area contributed by atoms with E-state index in [1.807, 2.05) is 6.07 Å². The second-order valence-electron chi connectivity index (χ2n) is 7.02. The molecule has 0 saturated heterocycles. The van der Waals surface area contributed by atoms with Crippen molar-refractivity contribution in [2.75, 3.05) is 26.2 Å². The maximum Gasteiger partial charge on any atom is 0.355 e. The van der Waals surface area contributed by atoms with Gasteiger partial charge in [-0.2, -0.15) is 5.26 Å². The number of carbonyl (C=O) groups excluding carboxylic acids is 2. The molecule has 1 atom stereocenters. The van der Waals surface area contributed by atoms with Gasteiger partial charge in [0.25, 0.3) is 0 Å². The van der Waals surface area contributed by atoms with Crippen molar-refractivity contribution in [3.05, 3.63) is 82.3 Å². The molecule has 0 amide bonds. The second-order valence-corrected chi connectivity index (χ2v) is 7.02. The summed E-state index contributed by atoms with van der Waals surface area (Å²) >= 11 is 0. The largest absolute Gasteiger partial charge is 0.497 e. The predicted molar refractivity (Wildman–Crippen MR) is 119 cm³/mol. The van der Waals surface area contributed by atoms with Crippen LogP contribution in [-0.4, -0.2) is 44.3 Å². The van der Waals surface area contributed by atoms with Crippen LogP contribution in [0.5, 0.6) is 5.75 Å². The molecule has 0 bridgehead atoms. The van der Waals surface area contributed by atoms with Crippen molar-refractivity contribution < 1.29 is 33.7 Å². The number of methoxy groups -OCH3 is 3. The van der Waals surface area contributed by atoms with Gasteiger partial charge < -0.3 is 25.1 Å². The fourth-order valence-corrected chi connectivity index (χ4v) is 3.77. The third-order valence-electron chi connectivity index (χ3n) is 5.29. The number of hydrogen-bond acceptors (Lipinski definition) is 9. The number of rotatable bonds is 6. The van der Waals surface area contributed by atoms with Crippen LogP contribution in [0.4, 0.5) is 5.69 Å². The van der Waals surface area contributed by atoms with Gasteiger partial charge in [0.05, 0.1) is 55.7 Å². The average molecular weight is 463 g/mol. The first kappa shape index (κ1) is 23.9. The fraction of sp³-hybridized carbons (Fsp3) is 0.167. The van der Waals surface area contributed by atoms with Gasteiger partial charge in [-0.15, -0.1) is 0 Å². The van der Waals surface area contributed by atoms with Crippen LogP contribution in [0.25, 0.3) is 0 Å². The number of carboxylic acids is 1. The number of benzene rings is 2. The Morgan fingerprint density at radius 3 is 2.21 bits per heavy atom. The Morgan fingerprint density at radius 1 is 1.03 bits per heavy atom. The van der Waals surface area contributed by atoms with Crippen LogP contribution < -0.4 is 15.4 Å². The van der Waals surface area contributed by atoms with Crippen molar-refractivity contribution >= 4 is 23.6 Å². The lowest BCUT2D eigenvalue weighted by atomic mass is 9.80. The first-order valence-electron chi connectivity index (χ1n) is 9.87. The maximum atomic E-state index is 13.1. The van der Waals surface area contributed by atoms with Crippen LogP contribution in [0.15, 0.2) is 71.2 Å². The molecule has 0 aliphatic carbocycles. The van der Waals surface area contributed by atoms with E-state index >= 15 is 0 Å². The molecule has 1 unspecified atom stereocenters. The summed E-state index contributed by atoms with van der Waals surface area (Å²) in [5.74, 6) is -4.30. The van der Waals surface area contributed by atoms with Crippen LogP contribution in [-0.2, 0) is 19.1 Å². The summed E-state index contributed by atoms with van der Waals surface area (Å²) in [5.41, 5.74) is 5.83. The molecule has 0 fully saturated rings. The molecule has 1 heterocycles. The molecular weight excluding hydrogens is 442 g/mol. The Labute approximate surface area is 195 Å². The van der Waals surface area contributed by atoms with Crippen molar-refractivity contribution in [1.29, 1.82) is 5.26 Å². The first-order valence-corrected chi connectivity index (χ1v) is 9.87. The van der Waals surface area contributed by atoms with Crippen LogP contribution in [0.1, 0.15) is 21.8 Å². The third kappa shape index (κ3) is 4.02. The quantitative estimate of drug-likeness (QED) is 0.610. The molecule has 3 rings (SSSR count). The summed E-state index contributed by atoms with van der Waals surface area (Å²) in [6, 6.07) is 14.5. The summed E-state index contributed by atoms with van der Waals surface area (Å²) in [5, 5.41) is 19.8. The summed E-state index contributed by atoms with van der Waals surface area (Å²) in [6.45, 7) is 0. The average Bonchev–Trinajstić information content (AvgIpc) is 2.86. The van der Waals surface area contributed by atoms with Crippen LogP contribution in [0.3, 0.4) is 0 Å². The van der Waals surface area contributed by atoms with E-state index in [2.05, 4.69) is 0 Å². The van der Waals surface area contributed by atoms with Crippen LogP contribution in [0.2, 0.25) is 0 Å². The number of nitrogens with two attached hydrogens (primary N) is 1. The van der Waals surface area contributed by atoms with Gasteiger partial charge in [0.2, 0.25) is 0 Å². The number of carbonyl (C=O) groups is 3. The number of allylic oxidation sites excluding steroid dienone is 1. The molecule has 1 aliphatic rings. The number of ether oxygens (including phenoxy) is 3. The molecule has 0 saturated carbocycles. The monoisotopic (exact) mass is 463 g/mol. The highest BCUT2D eigenvalue weighted by Gasteiger charge is 2.43. The molecule has 3 N–H and O–H groups in total. The van der Waals surface area contributed by atoms with Gasteiger partial charge in [0.1, 0.15) is 17.3 Å². The van der Waals surface area contributed by atoms with Gasteiger partial charge in [-0.05, 0) is 17.7 Å². The van der Waals surface area contributed by atoms with Crippen LogP contribution >= 0.6 is 0 Å². The third-order valence-corrected chi connectivity index (χ3v) is 5.29. The Morgan fingerprint density at radius 2 is 1.68 bits per heavy atom. The number of carboxylic acid groups (broad SMARTS) is 1. The molecule has 2 aromatic carbocycles. The van der Waals surface area contributed by atoms with Crippen molar-refractivity contribution in [3.63, 3.8) is 0 Å². The summed E-state index contributed by atoms with van der Waals surface area (Å²) in [4.78, 5) is 39.1. The molecule has 10 nitrogen and oxygen atoms in total. The maximum absolute atomic E-state index is 13.1. The van der Waals surface area contributed by atoms with Gasteiger partial charge in [-0.1, -0.05) is 30.3 Å². The van der Waals surface area contributed by atoms with E-state index in [1.54, 1.807) is 30.3 Å². The van der Waals surface area contributed by atoms with E-state index in [0.29, 0.717) is 5.56 Å². The van der Waals surface area contributed by atoms with Gasteiger partial charge in [0, 0.05) is 6.07 Å². The Balaban J connectivity index is 2.49. The zero-order valence-electron chi connectivity index (χ0n) is 18.6. The lowest BCUT2D eigenvalue weighted by molar-refractivity contribution is -0.139. The van der Waals surface area contributed by atoms with E-state index in [1.165, 1.54) is 25.3 Å². The topological polar surface area (TPSA) is 152 Å². The van der Waals surface area contributed by atoms with Crippen molar-refractivity contribution in [3.8, 4) is 11.8 Å². The highest BCUT2D eigenvalue weighted by atomic mass is 16.5. The number of esters is 2. The SMILES string of the molecule is COC(=O)C1=C(C(=O)OC)N(c2cc(OC)ccc2C(=O)O)C(N)=C(C#N)C1c1ccccc1. The van der Waals surface area contributed by atoms with Gasteiger partial charge in [0.15, 0.2) is 0 Å². The van der Waals surface area contributed by atoms with Crippen molar-refractivity contribution in [2.45, 2.75) is 5.92 Å². The van der Waals surface area contributed by atoms with Gasteiger partial charge >= 0.3 is 17.9 Å². The molecule has 174 valence electrons. The summed E-state index contributed by atoms with van der Waals surface area (Å²) in [6.07, 6.45) is 0. The second kappa shape index (κ2) is 9.79. The molecule has 10 heteroatoms. The van der Waals surface area contributed by atoms with Crippen molar-refractivity contribution in [1.82, 2.24) is 0 Å². The molecule has 2 aromatic rings. The summed E-state index contributed by atoms with van der Waals surface area (Å²) in [7, 11) is 3.60. The number of hydrogen-bond donors (Lipinski definition) is 2. The molecular formula is C24H21N3O7. The lowest BCUT2D eigenvalue weighted by Gasteiger charge is -2.36. The Bertz CT molecular complexity index is 1260. The van der Waals surface area contributed by atoms with Crippen molar-refractivity contribution in [2.24, 2.45) is 5.73 Å². The first-order chi connectivity index (χ1) is 16.3. The van der Waals surface area contributed by atoms with E-state index in [0.717, 1.165) is 19.1 Å². The summed E-state index contributed by atoms with van der Waals surface area (Å²) < 4.78 is 15.1. The minimum Gasteiger partial charge on any atom is -0.497 e. The number of aromatic carboxylic acids is 1. The number of nitrogens with zero attached hydrogens (tertiary/aromatic N) is 2. The molecule has 1 aliphatic heterocycles. The number of nitriles is 1.